The summed E-state index contributed by atoms with van der Waals surface area (Å²) in [6, 6.07) is 13.7. The fourth-order valence-electron chi connectivity index (χ4n) is 3.80. The minimum atomic E-state index is -0.357. The van der Waals surface area contributed by atoms with E-state index in [2.05, 4.69) is 16.8 Å². The molecule has 4 nitrogen and oxygen atoms in total. The molecule has 4 rings (SSSR count). The number of hydrogen-bond acceptors (Lipinski definition) is 3. The van der Waals surface area contributed by atoms with Crippen molar-refractivity contribution in [3.8, 4) is 0 Å². The monoisotopic (exact) mass is 351 g/mol. The number of amides is 1. The number of fused-ring (bicyclic) bond motifs is 1. The maximum atomic E-state index is 13.5. The quantitative estimate of drug-likeness (QED) is 0.838. The molecule has 0 radical (unpaired) electrons. The van der Waals surface area contributed by atoms with Gasteiger partial charge in [0.25, 0.3) is 5.91 Å². The number of hydrogen-bond donors (Lipinski definition) is 0. The van der Waals surface area contributed by atoms with Gasteiger partial charge in [0.2, 0.25) is 0 Å². The summed E-state index contributed by atoms with van der Waals surface area (Å²) in [5, 5.41) is 0. The predicted octanol–water partition coefficient (Wildman–Crippen LogP) is 3.98. The lowest BCUT2D eigenvalue weighted by Crippen LogP contribution is -2.45. The molecule has 2 aliphatic heterocycles. The summed E-state index contributed by atoms with van der Waals surface area (Å²) in [7, 11) is 0. The molecule has 134 valence electrons. The molecule has 0 aliphatic carbocycles. The number of aliphatic imine (C=N–C) groups is 1. The molecule has 1 amide bonds. The maximum Gasteiger partial charge on any atom is 0.278 e. The van der Waals surface area contributed by atoms with Crippen LogP contribution in [-0.4, -0.2) is 36.3 Å². The molecule has 0 aromatic heterocycles. The van der Waals surface area contributed by atoms with Crippen molar-refractivity contribution in [3.63, 3.8) is 0 Å². The van der Waals surface area contributed by atoms with Gasteiger partial charge < -0.3 is 0 Å². The summed E-state index contributed by atoms with van der Waals surface area (Å²) in [5.74, 6) is 0.176. The van der Waals surface area contributed by atoms with Crippen molar-refractivity contribution in [2.45, 2.75) is 19.8 Å². The van der Waals surface area contributed by atoms with Crippen LogP contribution >= 0.6 is 0 Å². The number of halogens is 1. The van der Waals surface area contributed by atoms with Crippen LogP contribution < -0.4 is 4.90 Å². The topological polar surface area (TPSA) is 35.9 Å². The highest BCUT2D eigenvalue weighted by molar-refractivity contribution is 6.54. The Labute approximate surface area is 153 Å². The number of carbonyl (C=O) groups is 1. The summed E-state index contributed by atoms with van der Waals surface area (Å²) in [5.41, 5.74) is 2.53. The standard InChI is InChI=1S/C21H22FN3O/c1-15-6-5-11-24(13-15)14-25-19-10-3-2-9-18(19)20(21(25)26)23-17-8-4-7-16(22)12-17/h2-4,7-10,12,15H,5-6,11,13-14H2,1H3/t15-/m0/s1. The third-order valence-electron chi connectivity index (χ3n) is 5.03. The first kappa shape index (κ1) is 16.9. The van der Waals surface area contributed by atoms with Crippen LogP contribution in [0.3, 0.4) is 0 Å². The van der Waals surface area contributed by atoms with Crippen LogP contribution in [0.5, 0.6) is 0 Å². The molecule has 0 bridgehead atoms. The van der Waals surface area contributed by atoms with Gasteiger partial charge in [-0.3, -0.25) is 14.6 Å². The smallest absolute Gasteiger partial charge is 0.278 e. The highest BCUT2D eigenvalue weighted by Crippen LogP contribution is 2.31. The van der Waals surface area contributed by atoms with Gasteiger partial charge in [-0.25, -0.2) is 9.38 Å². The molecule has 0 spiro atoms. The first-order valence-electron chi connectivity index (χ1n) is 9.10. The van der Waals surface area contributed by atoms with E-state index >= 15 is 0 Å². The van der Waals surface area contributed by atoms with E-state index in [1.807, 2.05) is 24.3 Å². The number of nitrogens with zero attached hydrogens (tertiary/aromatic N) is 3. The van der Waals surface area contributed by atoms with Crippen molar-refractivity contribution < 1.29 is 9.18 Å². The van der Waals surface area contributed by atoms with E-state index in [0.29, 0.717) is 24.0 Å². The number of likely N-dealkylation sites (tertiary alicyclic amines) is 1. The van der Waals surface area contributed by atoms with Crippen molar-refractivity contribution in [2.24, 2.45) is 10.9 Å². The van der Waals surface area contributed by atoms with Crippen molar-refractivity contribution in [1.29, 1.82) is 0 Å². The fraction of sp³-hybridized carbons (Fsp3) is 0.333. The predicted molar refractivity (Wildman–Crippen MR) is 101 cm³/mol. The summed E-state index contributed by atoms with van der Waals surface area (Å²) in [4.78, 5) is 21.7. The van der Waals surface area contributed by atoms with E-state index in [0.717, 1.165) is 30.8 Å². The SMILES string of the molecule is C[C@H]1CCCN(CN2C(=O)C(=Nc3cccc(F)c3)c3ccccc32)C1. The molecule has 1 atom stereocenters. The van der Waals surface area contributed by atoms with E-state index in [-0.39, 0.29) is 11.7 Å². The van der Waals surface area contributed by atoms with Crippen LogP contribution in [0.2, 0.25) is 0 Å². The van der Waals surface area contributed by atoms with Crippen LogP contribution in [0.25, 0.3) is 0 Å². The van der Waals surface area contributed by atoms with E-state index < -0.39 is 0 Å². The van der Waals surface area contributed by atoms with Gasteiger partial charge in [0.05, 0.1) is 18.0 Å². The highest BCUT2D eigenvalue weighted by Gasteiger charge is 2.35. The lowest BCUT2D eigenvalue weighted by molar-refractivity contribution is -0.112. The highest BCUT2D eigenvalue weighted by atomic mass is 19.1. The second-order valence-corrected chi connectivity index (χ2v) is 7.16. The Kier molecular flexibility index (Phi) is 4.55. The van der Waals surface area contributed by atoms with Gasteiger partial charge in [-0.1, -0.05) is 31.2 Å². The molecular weight excluding hydrogens is 329 g/mol. The zero-order chi connectivity index (χ0) is 18.1. The Hall–Kier alpha value is -2.53. The first-order chi connectivity index (χ1) is 12.6. The van der Waals surface area contributed by atoms with Crippen molar-refractivity contribution in [1.82, 2.24) is 4.90 Å². The summed E-state index contributed by atoms with van der Waals surface area (Å²) >= 11 is 0. The molecule has 5 heteroatoms. The summed E-state index contributed by atoms with van der Waals surface area (Å²) < 4.78 is 13.5. The van der Waals surface area contributed by atoms with Gasteiger partial charge >= 0.3 is 0 Å². The normalized spacial score (nSPS) is 22.1. The Morgan fingerprint density at radius 2 is 2.04 bits per heavy atom. The van der Waals surface area contributed by atoms with E-state index in [1.54, 1.807) is 17.0 Å². The van der Waals surface area contributed by atoms with Crippen LogP contribution in [0, 0.1) is 11.7 Å². The van der Waals surface area contributed by atoms with Crippen LogP contribution in [0.4, 0.5) is 15.8 Å². The molecule has 2 aliphatic rings. The van der Waals surface area contributed by atoms with Gasteiger partial charge in [0, 0.05) is 12.1 Å². The average molecular weight is 351 g/mol. The van der Waals surface area contributed by atoms with Crippen molar-refractivity contribution in [3.05, 3.63) is 59.9 Å². The third kappa shape index (κ3) is 3.27. The van der Waals surface area contributed by atoms with E-state index in [4.69, 9.17) is 0 Å². The van der Waals surface area contributed by atoms with Gasteiger partial charge in [-0.05, 0) is 49.6 Å². The zero-order valence-electron chi connectivity index (χ0n) is 14.9. The third-order valence-corrected chi connectivity index (χ3v) is 5.03. The minimum Gasteiger partial charge on any atom is -0.293 e. The number of rotatable bonds is 3. The average Bonchev–Trinajstić information content (AvgIpc) is 2.88. The second-order valence-electron chi connectivity index (χ2n) is 7.16. The Balaban J connectivity index is 1.66. The fourth-order valence-corrected chi connectivity index (χ4v) is 3.80. The Morgan fingerprint density at radius 3 is 2.85 bits per heavy atom. The van der Waals surface area contributed by atoms with Gasteiger partial charge in [-0.2, -0.15) is 0 Å². The number of para-hydroxylation sites is 1. The molecule has 0 N–H and O–H groups in total. The molecule has 26 heavy (non-hydrogen) atoms. The molecule has 1 fully saturated rings. The van der Waals surface area contributed by atoms with Crippen LogP contribution in [0.1, 0.15) is 25.3 Å². The van der Waals surface area contributed by atoms with Gasteiger partial charge in [0.1, 0.15) is 11.5 Å². The lowest BCUT2D eigenvalue weighted by atomic mass is 10.0. The van der Waals surface area contributed by atoms with Gasteiger partial charge in [0.15, 0.2) is 0 Å². The van der Waals surface area contributed by atoms with Gasteiger partial charge in [-0.15, -0.1) is 0 Å². The Bertz CT molecular complexity index is 864. The molecule has 1 saturated heterocycles. The van der Waals surface area contributed by atoms with E-state index in [1.165, 1.54) is 18.6 Å². The number of carbonyl (C=O) groups excluding carboxylic acids is 1. The molecule has 0 saturated carbocycles. The van der Waals surface area contributed by atoms with Crippen LogP contribution in [-0.2, 0) is 4.79 Å². The largest absolute Gasteiger partial charge is 0.293 e. The molecular formula is C21H22FN3O. The maximum absolute atomic E-state index is 13.5. The minimum absolute atomic E-state index is 0.117. The Morgan fingerprint density at radius 1 is 1.19 bits per heavy atom. The van der Waals surface area contributed by atoms with Crippen LogP contribution in [0.15, 0.2) is 53.5 Å². The molecule has 2 aromatic rings. The summed E-state index contributed by atoms with van der Waals surface area (Å²) in [6.07, 6.45) is 2.41. The molecule has 2 heterocycles. The molecule has 2 aromatic carbocycles. The zero-order valence-corrected chi connectivity index (χ0v) is 14.9. The number of piperidine rings is 1. The molecule has 0 unspecified atom stereocenters. The van der Waals surface area contributed by atoms with Crippen molar-refractivity contribution in [2.75, 3.05) is 24.7 Å². The summed E-state index contributed by atoms with van der Waals surface area (Å²) in [6.45, 7) is 4.83. The number of benzene rings is 2. The lowest BCUT2D eigenvalue weighted by Gasteiger charge is -2.33. The van der Waals surface area contributed by atoms with E-state index in [9.17, 15) is 9.18 Å². The second kappa shape index (κ2) is 7.00. The number of anilines is 1. The first-order valence-corrected chi connectivity index (χ1v) is 9.10. The van der Waals surface area contributed by atoms with Crippen molar-refractivity contribution >= 4 is 23.0 Å².